The number of hydrogen-bond donors (Lipinski definition) is 0. The molecule has 0 heterocycles. The molecule has 0 N–H and O–H groups in total. The zero-order valence-corrected chi connectivity index (χ0v) is 12.9. The van der Waals surface area contributed by atoms with Crippen LogP contribution < -0.4 is 9.79 Å². The molecule has 0 aliphatic heterocycles. The van der Waals surface area contributed by atoms with Crippen LogP contribution in [0.1, 0.15) is 0 Å². The first kappa shape index (κ1) is 19.8. The topological polar surface area (TPSA) is 91.7 Å². The summed E-state index contributed by atoms with van der Waals surface area (Å²) in [5.74, 6) is 0. The Hall–Kier alpha value is -0.567. The second-order valence-electron chi connectivity index (χ2n) is 2.98. The van der Waals surface area contributed by atoms with E-state index in [2.05, 4.69) is 48.5 Å². The van der Waals surface area contributed by atoms with Crippen LogP contribution in [0.3, 0.4) is 0 Å². The maximum Gasteiger partial charge on any atom is 4.00 e. The van der Waals surface area contributed by atoms with Gasteiger partial charge in [-0.1, -0.05) is 68.9 Å². The average molecular weight is 341 g/mol. The predicted molar refractivity (Wildman–Crippen MR) is 61.6 cm³/mol. The molecule has 0 saturated heterocycles. The molecule has 6 heteroatoms. The first-order valence-corrected chi connectivity index (χ1v) is 5.91. The maximum absolute atomic E-state index is 8.52. The summed E-state index contributed by atoms with van der Waals surface area (Å²) in [5, 5.41) is 0. The molecular weight excluding hydrogens is 330 g/mol. The molecule has 0 aliphatic rings. The summed E-state index contributed by atoms with van der Waals surface area (Å²) in [7, 11) is -3.63. The van der Waals surface area contributed by atoms with Gasteiger partial charge in [-0.05, 0) is 11.1 Å². The molecule has 2 aromatic rings. The summed E-state index contributed by atoms with van der Waals surface area (Å²) in [6.07, 6.45) is 0. The van der Waals surface area contributed by atoms with Gasteiger partial charge in [0.25, 0.3) is 0 Å². The minimum absolute atomic E-state index is 0. The van der Waals surface area contributed by atoms with Crippen molar-refractivity contribution < 1.29 is 46.0 Å². The van der Waals surface area contributed by atoms with E-state index in [0.29, 0.717) is 0 Å². The second-order valence-corrected chi connectivity index (χ2v) is 3.48. The van der Waals surface area contributed by atoms with E-state index in [1.807, 2.05) is 12.1 Å². The Kier molecular flexibility index (Phi) is 12.6. The fraction of sp³-hybridized carbons (Fsp3) is 0. The third-order valence-electron chi connectivity index (χ3n) is 1.88. The first-order valence-electron chi connectivity index (χ1n) is 4.68. The molecular formula is C12H11O4PZr. The van der Waals surface area contributed by atoms with E-state index in [1.54, 1.807) is 0 Å². The van der Waals surface area contributed by atoms with Crippen molar-refractivity contribution in [1.82, 2.24) is 0 Å². The Bertz CT molecular complexity index is 395. The van der Waals surface area contributed by atoms with Gasteiger partial charge in [0.2, 0.25) is 0 Å². The summed E-state index contributed by atoms with van der Waals surface area (Å²) in [6.45, 7) is 0. The summed E-state index contributed by atoms with van der Waals surface area (Å²) in [4.78, 5) is 17.0. The smallest absolute Gasteiger partial charge is 2.00 e. The zero-order valence-electron chi connectivity index (χ0n) is 9.41. The van der Waals surface area contributed by atoms with Gasteiger partial charge in [0.15, 0.2) is 0 Å². The van der Waals surface area contributed by atoms with Crippen molar-refractivity contribution in [2.45, 2.75) is 0 Å². The van der Waals surface area contributed by atoms with Gasteiger partial charge in [-0.2, -0.15) is 0 Å². The van der Waals surface area contributed by atoms with Crippen molar-refractivity contribution in [3.8, 4) is 11.1 Å². The van der Waals surface area contributed by atoms with Crippen LogP contribution in [-0.2, 0) is 36.2 Å². The third kappa shape index (κ3) is 8.51. The van der Waals surface area contributed by atoms with Crippen LogP contribution >= 0.6 is 8.25 Å². The van der Waals surface area contributed by atoms with Crippen LogP contribution in [-0.4, -0.2) is 0 Å². The van der Waals surface area contributed by atoms with Crippen molar-refractivity contribution in [1.29, 1.82) is 0 Å². The van der Waals surface area contributed by atoms with Crippen LogP contribution in [0.15, 0.2) is 60.7 Å². The van der Waals surface area contributed by atoms with E-state index >= 15 is 0 Å². The van der Waals surface area contributed by atoms with Gasteiger partial charge in [-0.15, -0.1) is 0 Å². The summed E-state index contributed by atoms with van der Waals surface area (Å²) in [5.41, 5.74) is 2.55. The Morgan fingerprint density at radius 1 is 0.722 bits per heavy atom. The molecule has 0 fully saturated rings. The molecule has 18 heavy (non-hydrogen) atoms. The monoisotopic (exact) mass is 340 g/mol. The van der Waals surface area contributed by atoms with Crippen molar-refractivity contribution >= 4 is 8.25 Å². The van der Waals surface area contributed by atoms with Crippen LogP contribution in [0.25, 0.3) is 11.1 Å². The van der Waals surface area contributed by atoms with Gasteiger partial charge in [0, 0.05) is 0 Å². The van der Waals surface area contributed by atoms with Crippen molar-refractivity contribution in [3.63, 3.8) is 0 Å². The van der Waals surface area contributed by atoms with E-state index in [-0.39, 0.29) is 31.7 Å². The van der Waals surface area contributed by atoms with E-state index in [4.69, 9.17) is 14.4 Å². The number of hydrogen-bond acceptors (Lipinski definition) is 3. The minimum atomic E-state index is -3.63. The average Bonchev–Trinajstić information content (AvgIpc) is 2.31. The molecule has 0 saturated carbocycles. The molecule has 2 rings (SSSR count). The predicted octanol–water partition coefficient (Wildman–Crippen LogP) is 1.33. The second kappa shape index (κ2) is 11.5. The maximum atomic E-state index is 8.52. The molecule has 0 amide bonds. The first-order chi connectivity index (χ1) is 7.70. The SMILES string of the molecule is O=[PH]([O-])[O-].[O-2].[Zr+4].c1ccc(-c2ccccc2)cc1. The Labute approximate surface area is 126 Å². The van der Waals surface area contributed by atoms with Gasteiger partial charge >= 0.3 is 26.2 Å². The summed E-state index contributed by atoms with van der Waals surface area (Å²) in [6, 6.07) is 20.8. The number of benzene rings is 2. The molecule has 0 aromatic heterocycles. The van der Waals surface area contributed by atoms with Gasteiger partial charge in [0.1, 0.15) is 0 Å². The third-order valence-corrected chi connectivity index (χ3v) is 1.88. The fourth-order valence-corrected chi connectivity index (χ4v) is 1.26. The molecule has 0 radical (unpaired) electrons. The van der Waals surface area contributed by atoms with Crippen LogP contribution in [0, 0.1) is 0 Å². The largest absolute Gasteiger partial charge is 4.00 e. The normalized spacial score (nSPS) is 8.39. The van der Waals surface area contributed by atoms with Crippen molar-refractivity contribution in [2.75, 3.05) is 0 Å². The van der Waals surface area contributed by atoms with Crippen LogP contribution in [0.4, 0.5) is 0 Å². The number of rotatable bonds is 1. The van der Waals surface area contributed by atoms with Crippen molar-refractivity contribution in [3.05, 3.63) is 60.7 Å². The molecule has 0 bridgehead atoms. The Morgan fingerprint density at radius 3 is 1.17 bits per heavy atom. The Balaban J connectivity index is 0. The zero-order chi connectivity index (χ0) is 11.8. The van der Waals surface area contributed by atoms with Crippen LogP contribution in [0.2, 0.25) is 0 Å². The molecule has 2 aromatic carbocycles. The van der Waals surface area contributed by atoms with Crippen LogP contribution in [0.5, 0.6) is 0 Å². The van der Waals surface area contributed by atoms with Gasteiger partial charge in [0.05, 0.1) is 0 Å². The van der Waals surface area contributed by atoms with E-state index in [1.165, 1.54) is 11.1 Å². The quantitative estimate of drug-likeness (QED) is 0.733. The standard InChI is InChI=1S/C12H10.H3O3P.O.Zr/c1-3-7-11(8-4-1)12-9-5-2-6-10-12;1-4(2)3;;/h1-10H;4H,(H2,1,2,3);;/q;;-2;+4/p-2. The van der Waals surface area contributed by atoms with Crippen molar-refractivity contribution in [2.24, 2.45) is 0 Å². The Morgan fingerprint density at radius 2 is 0.944 bits per heavy atom. The molecule has 92 valence electrons. The van der Waals surface area contributed by atoms with Gasteiger partial charge in [-0.25, -0.2) is 0 Å². The van der Waals surface area contributed by atoms with E-state index < -0.39 is 8.25 Å². The van der Waals surface area contributed by atoms with Gasteiger partial charge in [-0.3, -0.25) is 0 Å². The summed E-state index contributed by atoms with van der Waals surface area (Å²) >= 11 is 0. The van der Waals surface area contributed by atoms with E-state index in [0.717, 1.165) is 0 Å². The van der Waals surface area contributed by atoms with E-state index in [9.17, 15) is 0 Å². The molecule has 0 spiro atoms. The minimum Gasteiger partial charge on any atom is -2.00 e. The van der Waals surface area contributed by atoms with Gasteiger partial charge < -0.3 is 19.8 Å². The molecule has 0 aliphatic carbocycles. The molecule has 0 atom stereocenters. The summed E-state index contributed by atoms with van der Waals surface area (Å²) < 4.78 is 8.52. The fourth-order valence-electron chi connectivity index (χ4n) is 1.26. The molecule has 4 nitrogen and oxygen atoms in total. The molecule has 0 unspecified atom stereocenters.